The Bertz CT molecular complexity index is 1500. The van der Waals surface area contributed by atoms with Crippen LogP contribution < -0.4 is 9.80 Å². The Morgan fingerprint density at radius 2 is 1.28 bits per heavy atom. The van der Waals surface area contributed by atoms with Gasteiger partial charge in [0.15, 0.2) is 0 Å². The fraction of sp³-hybridized carbons (Fsp3) is 0.188. The van der Waals surface area contributed by atoms with Gasteiger partial charge in [0.05, 0.1) is 0 Å². The molecule has 0 fully saturated rings. The van der Waals surface area contributed by atoms with Crippen molar-refractivity contribution in [3.63, 3.8) is 0 Å². The summed E-state index contributed by atoms with van der Waals surface area (Å²) in [5.41, 5.74) is 9.14. The third-order valence-electron chi connectivity index (χ3n) is 6.82. The Morgan fingerprint density at radius 1 is 0.694 bits per heavy atom. The molecule has 0 spiro atoms. The van der Waals surface area contributed by atoms with Gasteiger partial charge in [-0.2, -0.15) is 0 Å². The molecule has 5 aromatic rings. The van der Waals surface area contributed by atoms with Crippen molar-refractivity contribution >= 4 is 22.3 Å². The predicted molar refractivity (Wildman–Crippen MR) is 151 cm³/mol. The molecule has 4 aromatic carbocycles. The molecule has 0 saturated heterocycles. The molecular formula is C32H32N2O2. The highest BCUT2D eigenvalue weighted by atomic mass is 16.3. The van der Waals surface area contributed by atoms with Gasteiger partial charge >= 0.3 is 0 Å². The molecule has 0 aliphatic rings. The second-order valence-electron chi connectivity index (χ2n) is 9.70. The zero-order valence-corrected chi connectivity index (χ0v) is 21.5. The molecule has 4 nitrogen and oxygen atoms in total. The normalized spacial score (nSPS) is 12.1. The van der Waals surface area contributed by atoms with Gasteiger partial charge in [-0.1, -0.05) is 54.6 Å². The highest BCUT2D eigenvalue weighted by Gasteiger charge is 2.24. The minimum absolute atomic E-state index is 0.706. The predicted octanol–water partition coefficient (Wildman–Crippen LogP) is 7.29. The van der Waals surface area contributed by atoms with E-state index in [4.69, 9.17) is 4.42 Å². The van der Waals surface area contributed by atoms with Gasteiger partial charge in [-0.05, 0) is 65.6 Å². The standard InChI is InChI=1S/C32H32N2O2/c1-21-20-24(14-19-27(21)22-10-15-25(16-11-22)33(2)3)32-30(28-8-6-7-9-29(28)36-32)31(35)23-12-17-26(18-13-23)34(4)5/h6-20,31,35H,1-5H3. The number of hydrogen-bond acceptors (Lipinski definition) is 4. The molecule has 4 heteroatoms. The number of hydrogen-bond donors (Lipinski definition) is 1. The lowest BCUT2D eigenvalue weighted by molar-refractivity contribution is 0.221. The van der Waals surface area contributed by atoms with E-state index in [-0.39, 0.29) is 0 Å². The van der Waals surface area contributed by atoms with Crippen LogP contribution in [0.5, 0.6) is 0 Å². The molecule has 182 valence electrons. The molecular weight excluding hydrogens is 444 g/mol. The first-order chi connectivity index (χ1) is 17.3. The van der Waals surface area contributed by atoms with E-state index >= 15 is 0 Å². The minimum atomic E-state index is -0.807. The average molecular weight is 477 g/mol. The average Bonchev–Trinajstić information content (AvgIpc) is 3.28. The van der Waals surface area contributed by atoms with E-state index in [1.807, 2.05) is 81.6 Å². The molecule has 1 atom stereocenters. The lowest BCUT2D eigenvalue weighted by Crippen LogP contribution is -2.08. The SMILES string of the molecule is Cc1cc(-c2oc3ccccc3c2C(O)c2ccc(N(C)C)cc2)ccc1-c1ccc(N(C)C)cc1. The van der Waals surface area contributed by atoms with Gasteiger partial charge < -0.3 is 19.3 Å². The van der Waals surface area contributed by atoms with E-state index in [9.17, 15) is 5.11 Å². The van der Waals surface area contributed by atoms with Crippen molar-refractivity contribution in [2.75, 3.05) is 38.0 Å². The number of furan rings is 1. The summed E-state index contributed by atoms with van der Waals surface area (Å²) < 4.78 is 6.36. The van der Waals surface area contributed by atoms with Crippen LogP contribution in [0.25, 0.3) is 33.4 Å². The Hall–Kier alpha value is -4.02. The van der Waals surface area contributed by atoms with Crippen molar-refractivity contribution in [3.8, 4) is 22.5 Å². The maximum Gasteiger partial charge on any atom is 0.141 e. The lowest BCUT2D eigenvalue weighted by Gasteiger charge is -2.16. The van der Waals surface area contributed by atoms with Crippen LogP contribution in [0.2, 0.25) is 0 Å². The molecule has 1 N–H and O–H groups in total. The second kappa shape index (κ2) is 9.56. The van der Waals surface area contributed by atoms with E-state index in [0.29, 0.717) is 5.76 Å². The van der Waals surface area contributed by atoms with Gasteiger partial charge in [-0.3, -0.25) is 0 Å². The molecule has 0 radical (unpaired) electrons. The summed E-state index contributed by atoms with van der Waals surface area (Å²) in [5, 5.41) is 12.5. The molecule has 0 bridgehead atoms. The number of para-hydroxylation sites is 1. The highest BCUT2D eigenvalue weighted by Crippen LogP contribution is 2.41. The Kier molecular flexibility index (Phi) is 6.29. The van der Waals surface area contributed by atoms with E-state index < -0.39 is 6.10 Å². The molecule has 0 aliphatic carbocycles. The molecule has 1 heterocycles. The van der Waals surface area contributed by atoms with E-state index in [2.05, 4.69) is 54.3 Å². The van der Waals surface area contributed by atoms with Gasteiger partial charge in [0.1, 0.15) is 17.4 Å². The van der Waals surface area contributed by atoms with E-state index in [1.165, 1.54) is 16.8 Å². The Labute approximate surface area is 213 Å². The summed E-state index contributed by atoms with van der Waals surface area (Å²) in [6.07, 6.45) is -0.807. The van der Waals surface area contributed by atoms with Crippen molar-refractivity contribution in [1.29, 1.82) is 0 Å². The topological polar surface area (TPSA) is 39.9 Å². The van der Waals surface area contributed by atoms with Gasteiger partial charge in [-0.25, -0.2) is 0 Å². The van der Waals surface area contributed by atoms with E-state index in [0.717, 1.165) is 38.9 Å². The fourth-order valence-corrected chi connectivity index (χ4v) is 4.74. The smallest absolute Gasteiger partial charge is 0.141 e. The van der Waals surface area contributed by atoms with Crippen molar-refractivity contribution in [2.24, 2.45) is 0 Å². The van der Waals surface area contributed by atoms with Crippen LogP contribution in [0.1, 0.15) is 22.8 Å². The van der Waals surface area contributed by atoms with Gasteiger partial charge in [0, 0.05) is 56.1 Å². The van der Waals surface area contributed by atoms with Crippen LogP contribution in [0.15, 0.2) is 95.4 Å². The van der Waals surface area contributed by atoms with Crippen molar-refractivity contribution in [3.05, 3.63) is 108 Å². The lowest BCUT2D eigenvalue weighted by atomic mass is 9.93. The monoisotopic (exact) mass is 476 g/mol. The first kappa shape index (κ1) is 23.7. The quantitative estimate of drug-likeness (QED) is 0.279. The van der Waals surface area contributed by atoms with Gasteiger partial charge in [0.2, 0.25) is 0 Å². The van der Waals surface area contributed by atoms with Crippen molar-refractivity contribution < 1.29 is 9.52 Å². The third-order valence-corrected chi connectivity index (χ3v) is 6.82. The van der Waals surface area contributed by atoms with Gasteiger partial charge in [-0.15, -0.1) is 0 Å². The molecule has 5 rings (SSSR count). The largest absolute Gasteiger partial charge is 0.456 e. The molecule has 0 saturated carbocycles. The summed E-state index contributed by atoms with van der Waals surface area (Å²) in [6.45, 7) is 2.12. The molecule has 0 amide bonds. The number of aryl methyl sites for hydroxylation is 1. The maximum absolute atomic E-state index is 11.5. The number of benzene rings is 4. The second-order valence-corrected chi connectivity index (χ2v) is 9.70. The van der Waals surface area contributed by atoms with Gasteiger partial charge in [0.25, 0.3) is 0 Å². The highest BCUT2D eigenvalue weighted by molar-refractivity contribution is 5.89. The fourth-order valence-electron chi connectivity index (χ4n) is 4.74. The third kappa shape index (κ3) is 4.36. The Morgan fingerprint density at radius 3 is 1.89 bits per heavy atom. The molecule has 1 aromatic heterocycles. The molecule has 1 unspecified atom stereocenters. The first-order valence-electron chi connectivity index (χ1n) is 12.2. The Balaban J connectivity index is 1.57. The summed E-state index contributed by atoms with van der Waals surface area (Å²) in [6, 6.07) is 30.9. The van der Waals surface area contributed by atoms with Crippen molar-refractivity contribution in [2.45, 2.75) is 13.0 Å². The number of anilines is 2. The van der Waals surface area contributed by atoms with Crippen molar-refractivity contribution in [1.82, 2.24) is 0 Å². The minimum Gasteiger partial charge on any atom is -0.456 e. The molecule has 0 aliphatic heterocycles. The first-order valence-corrected chi connectivity index (χ1v) is 12.2. The van der Waals surface area contributed by atoms with Crippen LogP contribution in [0, 0.1) is 6.92 Å². The number of aliphatic hydroxyl groups is 1. The van der Waals surface area contributed by atoms with Crippen LogP contribution in [-0.4, -0.2) is 33.3 Å². The summed E-state index contributed by atoms with van der Waals surface area (Å²) in [7, 11) is 8.11. The summed E-state index contributed by atoms with van der Waals surface area (Å²) in [4.78, 5) is 4.15. The van der Waals surface area contributed by atoms with Crippen LogP contribution in [0.3, 0.4) is 0 Å². The van der Waals surface area contributed by atoms with E-state index in [1.54, 1.807) is 0 Å². The van der Waals surface area contributed by atoms with Crippen LogP contribution >= 0.6 is 0 Å². The summed E-state index contributed by atoms with van der Waals surface area (Å²) in [5.74, 6) is 0.706. The van der Waals surface area contributed by atoms with Crippen LogP contribution in [0.4, 0.5) is 11.4 Å². The number of fused-ring (bicyclic) bond motifs is 1. The number of rotatable bonds is 6. The zero-order chi connectivity index (χ0) is 25.4. The summed E-state index contributed by atoms with van der Waals surface area (Å²) >= 11 is 0. The molecule has 36 heavy (non-hydrogen) atoms. The maximum atomic E-state index is 11.5. The van der Waals surface area contributed by atoms with Crippen LogP contribution in [-0.2, 0) is 0 Å². The number of aliphatic hydroxyl groups excluding tert-OH is 1. The zero-order valence-electron chi connectivity index (χ0n) is 21.5. The number of nitrogens with zero attached hydrogens (tertiary/aromatic N) is 2.